The third-order valence-corrected chi connectivity index (χ3v) is 0.451. The lowest BCUT2D eigenvalue weighted by Crippen LogP contribution is -1.61. The second kappa shape index (κ2) is 3.91. The Kier molecular flexibility index (Phi) is 2.43. The van der Waals surface area contributed by atoms with E-state index in [9.17, 15) is 0 Å². The molecule has 0 nitrogen and oxygen atoms in total. The average molecular weight is 88.2 g/mol. The Morgan fingerprint density at radius 3 is 3.20 bits per heavy atom. The summed E-state index contributed by atoms with van der Waals surface area (Å²) in [7, 11) is 0. The Balaban J connectivity index is 2.54. The number of terminal acetylenes is 1. The number of hydrogen-bond donors (Lipinski definition) is 1. The van der Waals surface area contributed by atoms with Gasteiger partial charge in [0.2, 0.25) is 0 Å². The highest BCUT2D eigenvalue weighted by atomic mass is 32.1. The maximum Gasteiger partial charge on any atom is 0.102 e. The summed E-state index contributed by atoms with van der Waals surface area (Å²) in [5.74, 6) is 3.19. The van der Waals surface area contributed by atoms with Gasteiger partial charge >= 0.3 is 0 Å². The van der Waals surface area contributed by atoms with Crippen molar-refractivity contribution in [1.82, 2.24) is 0 Å². The van der Waals surface area contributed by atoms with Crippen molar-refractivity contribution in [2.24, 2.45) is 0 Å². The van der Waals surface area contributed by atoms with Gasteiger partial charge in [-0.3, -0.25) is 0 Å². The van der Waals surface area contributed by atoms with Crippen molar-refractivity contribution >= 4 is 12.5 Å². The van der Waals surface area contributed by atoms with Gasteiger partial charge in [-0.05, 0) is 0 Å². The van der Waals surface area contributed by atoms with Crippen LogP contribution in [0.5, 0.6) is 0 Å². The van der Waals surface area contributed by atoms with E-state index < -0.39 is 0 Å². The number of hydrogen-bond acceptors (Lipinski definition) is 1. The van der Waals surface area contributed by atoms with Gasteiger partial charge in [-0.25, -0.2) is 0 Å². The zero-order chi connectivity index (χ0) is 4.83. The fourth-order valence-corrected chi connectivity index (χ4v) is 0.177. The Bertz CT molecular complexity index is 55.1. The number of thiol groups is 1. The van der Waals surface area contributed by atoms with Crippen molar-refractivity contribution in [3.8, 4) is 12.3 Å². The van der Waals surface area contributed by atoms with E-state index in [1.807, 2.05) is 0 Å². The molecule has 0 bridgehead atoms. The lowest BCUT2D eigenvalue weighted by atomic mass is 10.5. The minimum absolute atomic E-state index is 0.716. The second-order valence-corrected chi connectivity index (χ2v) is 1.07. The summed E-state index contributed by atoms with van der Waals surface area (Å²) in [6, 6.07) is 0. The van der Waals surface area contributed by atoms with Gasteiger partial charge in [-0.1, -0.05) is 0 Å². The largest absolute Gasteiger partial charge is 0.178 e. The summed E-state index contributed by atoms with van der Waals surface area (Å²) in [4.78, 5) is 0. The highest BCUT2D eigenvalue weighted by Crippen LogP contribution is 1.75. The summed E-state index contributed by atoms with van der Waals surface area (Å²) in [6.07, 6.45) is 5.58. The van der Waals surface area contributed by atoms with E-state index in [4.69, 9.17) is 7.55 Å². The monoisotopic (exact) mass is 88.0 g/mol. The maximum absolute atomic E-state index is 6.53. The lowest BCUT2D eigenvalue weighted by molar-refractivity contribution is 1.31. The van der Waals surface area contributed by atoms with Gasteiger partial charge in [0.1, 0.15) is 1.12 Å². The predicted octanol–water partition coefficient (Wildman–Crippen LogP) is 0.940. The molecule has 0 atom stereocenters. The molecule has 0 fully saturated rings. The van der Waals surface area contributed by atoms with Crippen LogP contribution in [0, 0.1) is 12.3 Å². The molecule has 0 aromatic carbocycles. The molecule has 0 aliphatic carbocycles. The third kappa shape index (κ3) is 3.91. The zero-order valence-electron chi connectivity index (χ0n) is 3.90. The molecule has 0 heterocycles. The summed E-state index contributed by atoms with van der Waals surface area (Å²) in [6.45, 7) is 0. The topological polar surface area (TPSA) is 0 Å². The molecule has 0 aliphatic rings. The van der Waals surface area contributed by atoms with Gasteiger partial charge < -0.3 is 0 Å². The van der Waals surface area contributed by atoms with Crippen molar-refractivity contribution in [3.05, 3.63) is 0 Å². The minimum Gasteiger partial charge on any atom is -0.178 e. The van der Waals surface area contributed by atoms with Crippen LogP contribution in [0.4, 0.5) is 0 Å². The summed E-state index contributed by atoms with van der Waals surface area (Å²) in [5, 5.41) is 0. The van der Waals surface area contributed by atoms with Crippen LogP contribution in [-0.4, -0.2) is 6.88 Å². The van der Waals surface area contributed by atoms with Crippen LogP contribution in [0.2, 0.25) is 0 Å². The van der Waals surface area contributed by atoms with Crippen molar-refractivity contribution in [1.29, 1.82) is 1.12 Å². The van der Waals surface area contributed by atoms with Crippen LogP contribution in [0.3, 0.4) is 0 Å². The van der Waals surface area contributed by atoms with Gasteiger partial charge in [-0.2, -0.15) is 12.5 Å². The molecule has 0 rings (SSSR count). The minimum atomic E-state index is 0.716. The van der Waals surface area contributed by atoms with Gasteiger partial charge in [0.25, 0.3) is 0 Å². The molecule has 0 aromatic rings. The van der Waals surface area contributed by atoms with Gasteiger partial charge in [-0.15, -0.1) is 12.3 Å². The summed E-state index contributed by atoms with van der Waals surface area (Å²) in [5.41, 5.74) is 0. The van der Waals surface area contributed by atoms with Crippen LogP contribution in [0.15, 0.2) is 0 Å². The van der Waals surface area contributed by atoms with E-state index in [0.717, 1.165) is 18.3 Å². The quantitative estimate of drug-likeness (QED) is 0.290. The van der Waals surface area contributed by atoms with Crippen molar-refractivity contribution in [3.63, 3.8) is 0 Å². The molecule has 0 saturated heterocycles. The van der Waals surface area contributed by atoms with Crippen LogP contribution in [0.1, 0.15) is 6.42 Å². The van der Waals surface area contributed by atoms with E-state index in [2.05, 4.69) is 5.92 Å². The summed E-state index contributed by atoms with van der Waals surface area (Å²) >= 11 is 1.03. The Labute approximate surface area is 39.1 Å². The van der Waals surface area contributed by atoms with E-state index >= 15 is 0 Å². The molecule has 5 heavy (non-hydrogen) atoms. The van der Waals surface area contributed by atoms with Crippen molar-refractivity contribution in [2.45, 2.75) is 6.42 Å². The molecule has 0 spiro atoms. The van der Waals surface area contributed by atoms with Crippen molar-refractivity contribution < 1.29 is 0 Å². The Hall–Kier alpha value is -0.0900. The SMILES string of the molecule is [3H]SCCC#C. The Morgan fingerprint density at radius 2 is 3.00 bits per heavy atom. The standard InChI is InChI=1S/C4H6S/c1-2-3-4-5/h1,5H,3-4H2/i/hT. The second-order valence-electron chi connectivity index (χ2n) is 0.658. The molecule has 0 aromatic heterocycles. The first-order chi connectivity index (χ1) is 2.91. The van der Waals surface area contributed by atoms with Crippen LogP contribution >= 0.6 is 12.5 Å². The fraction of sp³-hybridized carbons (Fsp3) is 0.500. The van der Waals surface area contributed by atoms with Gasteiger partial charge in [0.15, 0.2) is 0 Å². The Morgan fingerprint density at radius 1 is 2.20 bits per heavy atom. The third-order valence-electron chi connectivity index (χ3n) is 0.246. The first-order valence-corrected chi connectivity index (χ1v) is 2.01. The summed E-state index contributed by atoms with van der Waals surface area (Å²) < 4.78 is 6.53. The highest BCUT2D eigenvalue weighted by molar-refractivity contribution is 7.80. The van der Waals surface area contributed by atoms with Crippen LogP contribution in [-0.2, 0) is 0 Å². The maximum atomic E-state index is 6.53. The molecular weight excluding hydrogens is 80.1 g/mol. The molecule has 0 aliphatic heterocycles. The van der Waals surface area contributed by atoms with Crippen LogP contribution in [0.25, 0.3) is 0 Å². The van der Waals surface area contributed by atoms with Gasteiger partial charge in [0.05, 0.1) is 0 Å². The molecular formula is C4H6S. The molecule has 0 radical (unpaired) electrons. The van der Waals surface area contributed by atoms with Crippen molar-refractivity contribution in [2.75, 3.05) is 5.75 Å². The zero-order valence-corrected chi connectivity index (χ0v) is 3.72. The normalized spacial score (nSPS) is 9.00. The van der Waals surface area contributed by atoms with Gasteiger partial charge in [0, 0.05) is 12.2 Å². The molecule has 0 saturated carbocycles. The first kappa shape index (κ1) is 3.11. The highest BCUT2D eigenvalue weighted by Gasteiger charge is 1.62. The van der Waals surface area contributed by atoms with Crippen LogP contribution < -0.4 is 0 Å². The lowest BCUT2D eigenvalue weighted by Gasteiger charge is -1.69. The first-order valence-electron chi connectivity index (χ1n) is 1.84. The molecule has 28 valence electrons. The molecule has 0 unspecified atom stereocenters. The van der Waals surface area contributed by atoms with E-state index in [0.29, 0.717) is 6.42 Å². The molecule has 1 heteroatoms. The van der Waals surface area contributed by atoms with E-state index in [1.54, 1.807) is 0 Å². The molecule has 0 amide bonds. The number of rotatable bonds is 2. The smallest absolute Gasteiger partial charge is 0.102 e. The predicted molar refractivity (Wildman–Crippen MR) is 27.3 cm³/mol. The molecule has 0 N–H and O–H groups in total. The fourth-order valence-electron chi connectivity index (χ4n) is 0.0589. The average Bonchev–Trinajstić information content (AvgIpc) is 1.61. The van der Waals surface area contributed by atoms with E-state index in [-0.39, 0.29) is 0 Å². The van der Waals surface area contributed by atoms with E-state index in [1.165, 1.54) is 0 Å².